The fourth-order valence-electron chi connectivity index (χ4n) is 4.13. The molecule has 0 radical (unpaired) electrons. The minimum atomic E-state index is -3.92. The molecule has 36 heavy (non-hydrogen) atoms. The van der Waals surface area contributed by atoms with E-state index in [-0.39, 0.29) is 23.9 Å². The molecule has 0 heterocycles. The van der Waals surface area contributed by atoms with Crippen molar-refractivity contribution in [3.63, 3.8) is 0 Å². The third-order valence-electron chi connectivity index (χ3n) is 6.32. The second-order valence-corrected chi connectivity index (χ2v) is 11.0. The molecule has 1 unspecified atom stereocenters. The van der Waals surface area contributed by atoms with Crippen LogP contribution in [0.25, 0.3) is 10.8 Å². The smallest absolute Gasteiger partial charge is 0.243 e. The average Bonchev–Trinajstić information content (AvgIpc) is 2.87. The van der Waals surface area contributed by atoms with Crippen molar-refractivity contribution < 1.29 is 18.0 Å². The van der Waals surface area contributed by atoms with Gasteiger partial charge in [-0.15, -0.1) is 0 Å². The molecule has 192 valence electrons. The van der Waals surface area contributed by atoms with E-state index in [0.29, 0.717) is 13.0 Å². The quantitative estimate of drug-likeness (QED) is 0.422. The number of rotatable bonds is 11. The molecule has 0 bridgehead atoms. The Bertz CT molecular complexity index is 1320. The van der Waals surface area contributed by atoms with E-state index in [1.165, 1.54) is 11.9 Å². The van der Waals surface area contributed by atoms with Crippen LogP contribution in [0.2, 0.25) is 0 Å². The molecule has 1 N–H and O–H groups in total. The summed E-state index contributed by atoms with van der Waals surface area (Å²) in [6.45, 7) is 6.12. The van der Waals surface area contributed by atoms with Gasteiger partial charge in [-0.25, -0.2) is 8.42 Å². The zero-order valence-corrected chi connectivity index (χ0v) is 22.2. The normalized spacial score (nSPS) is 12.5. The molecule has 0 aromatic heterocycles. The number of aryl methyl sites for hydroxylation is 1. The highest BCUT2D eigenvalue weighted by Crippen LogP contribution is 2.22. The Labute approximate surface area is 214 Å². The number of hydrogen-bond donors (Lipinski definition) is 1. The first-order valence-electron chi connectivity index (χ1n) is 12.3. The highest BCUT2D eigenvalue weighted by molar-refractivity contribution is 7.89. The van der Waals surface area contributed by atoms with Gasteiger partial charge in [0.05, 0.1) is 11.4 Å². The second kappa shape index (κ2) is 12.1. The number of likely N-dealkylation sites (N-methyl/N-ethyl adjacent to an activating group) is 1. The SMILES string of the molecule is CCCNC(=O)C(CC)N(Cc1ccccc1C)C(=O)CN(C)S(=O)(=O)c1ccc2ccccc2c1. The van der Waals surface area contributed by atoms with E-state index in [4.69, 9.17) is 0 Å². The second-order valence-electron chi connectivity index (χ2n) is 8.93. The molecular weight excluding hydrogens is 474 g/mol. The highest BCUT2D eigenvalue weighted by atomic mass is 32.2. The van der Waals surface area contributed by atoms with Gasteiger partial charge in [0, 0.05) is 20.1 Å². The number of amides is 2. The number of nitrogens with one attached hydrogen (secondary N) is 1. The maximum absolute atomic E-state index is 13.6. The maximum atomic E-state index is 13.6. The lowest BCUT2D eigenvalue weighted by molar-refractivity contribution is -0.141. The summed E-state index contributed by atoms with van der Waals surface area (Å²) in [6.07, 6.45) is 1.19. The summed E-state index contributed by atoms with van der Waals surface area (Å²) in [5.74, 6) is -0.662. The molecule has 3 aromatic carbocycles. The zero-order valence-electron chi connectivity index (χ0n) is 21.4. The Hall–Kier alpha value is -3.23. The van der Waals surface area contributed by atoms with Gasteiger partial charge < -0.3 is 10.2 Å². The van der Waals surface area contributed by atoms with E-state index in [9.17, 15) is 18.0 Å². The Morgan fingerprint density at radius 1 is 0.944 bits per heavy atom. The van der Waals surface area contributed by atoms with Crippen molar-refractivity contribution in [3.05, 3.63) is 77.9 Å². The van der Waals surface area contributed by atoms with Crippen molar-refractivity contribution in [2.24, 2.45) is 0 Å². The van der Waals surface area contributed by atoms with Crippen molar-refractivity contribution in [3.8, 4) is 0 Å². The Balaban J connectivity index is 1.88. The minimum absolute atomic E-state index is 0.120. The number of hydrogen-bond acceptors (Lipinski definition) is 4. The Morgan fingerprint density at radius 2 is 1.61 bits per heavy atom. The van der Waals surface area contributed by atoms with Gasteiger partial charge in [-0.2, -0.15) is 4.31 Å². The first-order chi connectivity index (χ1) is 17.2. The van der Waals surface area contributed by atoms with Gasteiger partial charge >= 0.3 is 0 Å². The van der Waals surface area contributed by atoms with Crippen molar-refractivity contribution >= 4 is 32.6 Å². The summed E-state index contributed by atoms with van der Waals surface area (Å²) in [4.78, 5) is 28.1. The molecule has 2 amide bonds. The minimum Gasteiger partial charge on any atom is -0.354 e. The summed E-state index contributed by atoms with van der Waals surface area (Å²) in [6, 6.07) is 19.4. The van der Waals surface area contributed by atoms with Crippen molar-refractivity contribution in [2.75, 3.05) is 20.1 Å². The highest BCUT2D eigenvalue weighted by Gasteiger charge is 2.32. The summed E-state index contributed by atoms with van der Waals surface area (Å²) < 4.78 is 27.7. The fourth-order valence-corrected chi connectivity index (χ4v) is 5.29. The molecule has 3 aromatic rings. The maximum Gasteiger partial charge on any atom is 0.243 e. The monoisotopic (exact) mass is 509 g/mol. The zero-order chi connectivity index (χ0) is 26.3. The van der Waals surface area contributed by atoms with E-state index >= 15 is 0 Å². The molecule has 3 rings (SSSR count). The molecule has 7 nitrogen and oxygen atoms in total. The third-order valence-corrected chi connectivity index (χ3v) is 8.12. The van der Waals surface area contributed by atoms with E-state index in [1.807, 2.05) is 69.3 Å². The number of carbonyl (C=O) groups is 2. The van der Waals surface area contributed by atoms with Crippen molar-refractivity contribution in [1.82, 2.24) is 14.5 Å². The number of nitrogens with zero attached hydrogens (tertiary/aromatic N) is 2. The van der Waals surface area contributed by atoms with Gasteiger partial charge in [0.2, 0.25) is 21.8 Å². The van der Waals surface area contributed by atoms with E-state index in [2.05, 4.69) is 5.32 Å². The lowest BCUT2D eigenvalue weighted by Gasteiger charge is -2.32. The Kier molecular flexibility index (Phi) is 9.23. The van der Waals surface area contributed by atoms with Crippen LogP contribution in [0.5, 0.6) is 0 Å². The van der Waals surface area contributed by atoms with Crippen LogP contribution in [0.1, 0.15) is 37.8 Å². The first kappa shape index (κ1) is 27.4. The van der Waals surface area contributed by atoms with E-state index in [0.717, 1.165) is 32.6 Å². The van der Waals surface area contributed by atoms with E-state index < -0.39 is 22.0 Å². The van der Waals surface area contributed by atoms with Gasteiger partial charge in [-0.3, -0.25) is 9.59 Å². The summed E-state index contributed by atoms with van der Waals surface area (Å²) in [7, 11) is -2.53. The molecule has 0 fully saturated rings. The summed E-state index contributed by atoms with van der Waals surface area (Å²) in [5, 5.41) is 4.62. The summed E-state index contributed by atoms with van der Waals surface area (Å²) >= 11 is 0. The number of sulfonamides is 1. The summed E-state index contributed by atoms with van der Waals surface area (Å²) in [5.41, 5.74) is 1.91. The molecule has 0 saturated carbocycles. The van der Waals surface area contributed by atoms with Crippen LogP contribution in [-0.2, 0) is 26.2 Å². The van der Waals surface area contributed by atoms with Crippen molar-refractivity contribution in [1.29, 1.82) is 0 Å². The predicted molar refractivity (Wildman–Crippen MR) is 143 cm³/mol. The Morgan fingerprint density at radius 3 is 2.28 bits per heavy atom. The van der Waals surface area contributed by atoms with Crippen LogP contribution in [0.3, 0.4) is 0 Å². The molecule has 1 atom stereocenters. The van der Waals surface area contributed by atoms with Crippen LogP contribution >= 0.6 is 0 Å². The average molecular weight is 510 g/mol. The molecule has 0 aliphatic rings. The van der Waals surface area contributed by atoms with Crippen LogP contribution in [-0.4, -0.2) is 55.6 Å². The fraction of sp³-hybridized carbons (Fsp3) is 0.357. The van der Waals surface area contributed by atoms with Crippen LogP contribution < -0.4 is 5.32 Å². The predicted octanol–water partition coefficient (Wildman–Crippen LogP) is 4.10. The van der Waals surface area contributed by atoms with Gasteiger partial charge in [-0.05, 0) is 53.8 Å². The van der Waals surface area contributed by atoms with Gasteiger partial charge in [-0.1, -0.05) is 68.4 Å². The molecule has 8 heteroatoms. The van der Waals surface area contributed by atoms with Crippen LogP contribution in [0.4, 0.5) is 0 Å². The number of benzene rings is 3. The van der Waals surface area contributed by atoms with Crippen LogP contribution in [0, 0.1) is 6.92 Å². The topological polar surface area (TPSA) is 86.8 Å². The molecular formula is C28H35N3O4S. The van der Waals surface area contributed by atoms with E-state index in [1.54, 1.807) is 18.2 Å². The lowest BCUT2D eigenvalue weighted by atomic mass is 10.1. The molecule has 0 aliphatic carbocycles. The first-order valence-corrected chi connectivity index (χ1v) is 13.7. The third kappa shape index (κ3) is 6.30. The van der Waals surface area contributed by atoms with Crippen LogP contribution in [0.15, 0.2) is 71.6 Å². The molecule has 0 saturated heterocycles. The standard InChI is InChI=1S/C28H35N3O4S/c1-5-17-29-28(33)26(6-2)31(19-24-14-8-7-11-21(24)3)27(32)20-30(4)36(34,35)25-16-15-22-12-9-10-13-23(22)18-25/h7-16,18,26H,5-6,17,19-20H2,1-4H3,(H,29,33). The van der Waals surface area contributed by atoms with Gasteiger partial charge in [0.15, 0.2) is 0 Å². The lowest BCUT2D eigenvalue weighted by Crippen LogP contribution is -2.51. The number of carbonyl (C=O) groups excluding carboxylic acids is 2. The van der Waals surface area contributed by atoms with Gasteiger partial charge in [0.1, 0.15) is 6.04 Å². The van der Waals surface area contributed by atoms with Gasteiger partial charge in [0.25, 0.3) is 0 Å². The molecule has 0 aliphatic heterocycles. The van der Waals surface area contributed by atoms with Crippen molar-refractivity contribution in [2.45, 2.75) is 51.1 Å². The number of fused-ring (bicyclic) bond motifs is 1. The molecule has 0 spiro atoms. The largest absolute Gasteiger partial charge is 0.354 e.